The van der Waals surface area contributed by atoms with Crippen LogP contribution in [0, 0.1) is 6.92 Å². The SMILES string of the molecule is Cc1c(CC(N)=O)ccc(N2CCOCC2)c1C(F)(F)F. The number of hydrogen-bond acceptors (Lipinski definition) is 3. The second-order valence-electron chi connectivity index (χ2n) is 4.98. The number of nitrogens with two attached hydrogens (primary N) is 1. The molecule has 1 saturated heterocycles. The van der Waals surface area contributed by atoms with Crippen molar-refractivity contribution in [1.29, 1.82) is 0 Å². The Kier molecular flexibility index (Phi) is 4.41. The fourth-order valence-corrected chi connectivity index (χ4v) is 2.55. The number of morpholine rings is 1. The summed E-state index contributed by atoms with van der Waals surface area (Å²) in [5.41, 5.74) is 4.90. The summed E-state index contributed by atoms with van der Waals surface area (Å²) in [6.45, 7) is 3.01. The van der Waals surface area contributed by atoms with E-state index in [0.717, 1.165) is 0 Å². The third-order valence-corrected chi connectivity index (χ3v) is 3.56. The van der Waals surface area contributed by atoms with Gasteiger partial charge in [0.1, 0.15) is 0 Å². The Labute approximate surface area is 120 Å². The normalized spacial score (nSPS) is 16.1. The van der Waals surface area contributed by atoms with Crippen LogP contribution in [0.15, 0.2) is 12.1 Å². The second-order valence-corrected chi connectivity index (χ2v) is 4.98. The molecule has 7 heteroatoms. The van der Waals surface area contributed by atoms with E-state index in [1.165, 1.54) is 13.0 Å². The first-order chi connectivity index (χ1) is 9.80. The molecule has 1 aliphatic heterocycles. The number of primary amides is 1. The molecule has 0 aliphatic carbocycles. The number of anilines is 1. The van der Waals surface area contributed by atoms with Crippen molar-refractivity contribution in [2.24, 2.45) is 5.73 Å². The molecule has 1 aromatic rings. The summed E-state index contributed by atoms with van der Waals surface area (Å²) in [5.74, 6) is -0.648. The molecule has 1 fully saturated rings. The average Bonchev–Trinajstić information content (AvgIpc) is 2.40. The number of rotatable bonds is 3. The topological polar surface area (TPSA) is 55.6 Å². The molecule has 0 bridgehead atoms. The predicted octanol–water partition coefficient (Wildman–Crippen LogP) is 1.88. The zero-order valence-electron chi connectivity index (χ0n) is 11.7. The van der Waals surface area contributed by atoms with Crippen molar-refractivity contribution in [2.75, 3.05) is 31.2 Å². The van der Waals surface area contributed by atoms with Crippen LogP contribution in [0.5, 0.6) is 0 Å². The number of carbonyl (C=O) groups is 1. The Bertz CT molecular complexity index is 538. The van der Waals surface area contributed by atoms with Crippen molar-refractivity contribution >= 4 is 11.6 Å². The Morgan fingerprint density at radius 3 is 2.48 bits per heavy atom. The first kappa shape index (κ1) is 15.6. The molecule has 116 valence electrons. The molecule has 0 radical (unpaired) electrons. The lowest BCUT2D eigenvalue weighted by molar-refractivity contribution is -0.137. The Morgan fingerprint density at radius 1 is 1.33 bits per heavy atom. The zero-order valence-corrected chi connectivity index (χ0v) is 11.7. The van der Waals surface area contributed by atoms with Gasteiger partial charge in [-0.3, -0.25) is 4.79 Å². The molecule has 2 rings (SSSR count). The third kappa shape index (κ3) is 3.47. The van der Waals surface area contributed by atoms with Gasteiger partial charge >= 0.3 is 6.18 Å². The number of hydrogen-bond donors (Lipinski definition) is 1. The maximum absolute atomic E-state index is 13.4. The van der Waals surface area contributed by atoms with E-state index < -0.39 is 17.6 Å². The van der Waals surface area contributed by atoms with Gasteiger partial charge in [0.15, 0.2) is 0 Å². The summed E-state index contributed by atoms with van der Waals surface area (Å²) in [6, 6.07) is 2.96. The van der Waals surface area contributed by atoms with Crippen LogP contribution in [0.3, 0.4) is 0 Å². The first-order valence-corrected chi connectivity index (χ1v) is 6.61. The number of alkyl halides is 3. The van der Waals surface area contributed by atoms with Gasteiger partial charge in [0.25, 0.3) is 0 Å². The molecule has 1 amide bonds. The maximum atomic E-state index is 13.4. The van der Waals surface area contributed by atoms with Gasteiger partial charge in [-0.1, -0.05) is 6.07 Å². The highest BCUT2D eigenvalue weighted by atomic mass is 19.4. The fraction of sp³-hybridized carbons (Fsp3) is 0.500. The zero-order chi connectivity index (χ0) is 15.6. The third-order valence-electron chi connectivity index (χ3n) is 3.56. The van der Waals surface area contributed by atoms with Gasteiger partial charge in [0, 0.05) is 18.8 Å². The second kappa shape index (κ2) is 5.93. The molecule has 21 heavy (non-hydrogen) atoms. The van der Waals surface area contributed by atoms with Crippen molar-refractivity contribution in [3.63, 3.8) is 0 Å². The molecule has 0 atom stereocenters. The van der Waals surface area contributed by atoms with E-state index in [-0.39, 0.29) is 17.7 Å². The standard InChI is InChI=1S/C14H17F3N2O2/c1-9-10(8-12(18)20)2-3-11(13(9)14(15,16)17)19-4-6-21-7-5-19/h2-3H,4-8H2,1H3,(H2,18,20). The van der Waals surface area contributed by atoms with Gasteiger partial charge in [0.05, 0.1) is 25.2 Å². The van der Waals surface area contributed by atoms with Crippen LogP contribution >= 0.6 is 0 Å². The van der Waals surface area contributed by atoms with E-state index in [1.54, 1.807) is 11.0 Å². The van der Waals surface area contributed by atoms with Gasteiger partial charge in [-0.25, -0.2) is 0 Å². The molecular weight excluding hydrogens is 285 g/mol. The largest absolute Gasteiger partial charge is 0.418 e. The lowest BCUT2D eigenvalue weighted by atomic mass is 9.96. The van der Waals surface area contributed by atoms with E-state index >= 15 is 0 Å². The Hall–Kier alpha value is -1.76. The average molecular weight is 302 g/mol. The highest BCUT2D eigenvalue weighted by Gasteiger charge is 2.37. The molecule has 0 aromatic heterocycles. The smallest absolute Gasteiger partial charge is 0.378 e. The summed E-state index contributed by atoms with van der Waals surface area (Å²) in [6.07, 6.45) is -4.68. The summed E-state index contributed by atoms with van der Waals surface area (Å²) in [5, 5.41) is 0. The number of benzene rings is 1. The fourth-order valence-electron chi connectivity index (χ4n) is 2.55. The lowest BCUT2D eigenvalue weighted by Gasteiger charge is -2.32. The van der Waals surface area contributed by atoms with E-state index in [2.05, 4.69) is 0 Å². The van der Waals surface area contributed by atoms with Crippen molar-refractivity contribution in [3.05, 3.63) is 28.8 Å². The highest BCUT2D eigenvalue weighted by Crippen LogP contribution is 2.40. The summed E-state index contributed by atoms with van der Waals surface area (Å²) < 4.78 is 45.4. The highest BCUT2D eigenvalue weighted by molar-refractivity contribution is 5.77. The number of carbonyl (C=O) groups excluding carboxylic acids is 1. The van der Waals surface area contributed by atoms with Gasteiger partial charge < -0.3 is 15.4 Å². The molecule has 2 N–H and O–H groups in total. The molecule has 0 saturated carbocycles. The molecule has 4 nitrogen and oxygen atoms in total. The van der Waals surface area contributed by atoms with Crippen molar-refractivity contribution in [1.82, 2.24) is 0 Å². The van der Waals surface area contributed by atoms with Crippen LogP contribution < -0.4 is 10.6 Å². The molecule has 1 aliphatic rings. The molecule has 1 heterocycles. The Morgan fingerprint density at radius 2 is 1.95 bits per heavy atom. The van der Waals surface area contributed by atoms with Crippen molar-refractivity contribution < 1.29 is 22.7 Å². The van der Waals surface area contributed by atoms with E-state index in [4.69, 9.17) is 10.5 Å². The predicted molar refractivity (Wildman–Crippen MR) is 72.1 cm³/mol. The monoisotopic (exact) mass is 302 g/mol. The molecule has 0 spiro atoms. The minimum Gasteiger partial charge on any atom is -0.378 e. The van der Waals surface area contributed by atoms with Crippen LogP contribution in [0.25, 0.3) is 0 Å². The van der Waals surface area contributed by atoms with E-state index in [9.17, 15) is 18.0 Å². The minimum absolute atomic E-state index is 0.0605. The van der Waals surface area contributed by atoms with Crippen LogP contribution in [-0.4, -0.2) is 32.2 Å². The lowest BCUT2D eigenvalue weighted by Crippen LogP contribution is -2.37. The first-order valence-electron chi connectivity index (χ1n) is 6.61. The molecule has 1 aromatic carbocycles. The number of ether oxygens (including phenoxy) is 1. The van der Waals surface area contributed by atoms with Crippen LogP contribution in [0.2, 0.25) is 0 Å². The summed E-state index contributed by atoms with van der Waals surface area (Å²) in [4.78, 5) is 12.6. The van der Waals surface area contributed by atoms with Gasteiger partial charge in [0.2, 0.25) is 5.91 Å². The van der Waals surface area contributed by atoms with Gasteiger partial charge in [-0.2, -0.15) is 13.2 Å². The van der Waals surface area contributed by atoms with Crippen LogP contribution in [0.1, 0.15) is 16.7 Å². The number of halogens is 3. The van der Waals surface area contributed by atoms with E-state index in [0.29, 0.717) is 31.9 Å². The minimum atomic E-state index is -4.48. The quantitative estimate of drug-likeness (QED) is 0.927. The van der Waals surface area contributed by atoms with Crippen LogP contribution in [0.4, 0.5) is 18.9 Å². The van der Waals surface area contributed by atoms with Crippen molar-refractivity contribution in [3.8, 4) is 0 Å². The summed E-state index contributed by atoms with van der Waals surface area (Å²) >= 11 is 0. The van der Waals surface area contributed by atoms with Gasteiger partial charge in [-0.05, 0) is 24.1 Å². The molecular formula is C14H17F3N2O2. The van der Waals surface area contributed by atoms with E-state index in [1.807, 2.05) is 0 Å². The van der Waals surface area contributed by atoms with Crippen molar-refractivity contribution in [2.45, 2.75) is 19.5 Å². The maximum Gasteiger partial charge on any atom is 0.418 e. The van der Waals surface area contributed by atoms with Crippen LogP contribution in [-0.2, 0) is 22.1 Å². The summed E-state index contributed by atoms with van der Waals surface area (Å²) in [7, 11) is 0. The van der Waals surface area contributed by atoms with Gasteiger partial charge in [-0.15, -0.1) is 0 Å². The Balaban J connectivity index is 2.49. The number of amides is 1. The molecule has 0 unspecified atom stereocenters. The number of nitrogens with zero attached hydrogens (tertiary/aromatic N) is 1.